The van der Waals surface area contributed by atoms with Crippen LogP contribution in [-0.4, -0.2) is 17.6 Å². The van der Waals surface area contributed by atoms with Crippen molar-refractivity contribution in [2.24, 2.45) is 0 Å². The number of carbonyl (C=O) groups excluding carboxylic acids is 3. The highest BCUT2D eigenvalue weighted by Crippen LogP contribution is 2.45. The first-order valence-corrected chi connectivity index (χ1v) is 11.5. The standard InChI is InChI=1S/C27H15ClN2O3S/c1-15-22(23(31)17-10-12-19(28)13-11-17)27(34-24(15)18-8-6-16(14-29)7-9-18)30-25(32)20-4-2-3-5-21(20)26(30)33/h2-13H,1H3. The van der Waals surface area contributed by atoms with Crippen molar-refractivity contribution in [3.63, 3.8) is 0 Å². The van der Waals surface area contributed by atoms with Gasteiger partial charge in [-0.15, -0.1) is 11.3 Å². The van der Waals surface area contributed by atoms with Crippen LogP contribution < -0.4 is 4.90 Å². The summed E-state index contributed by atoms with van der Waals surface area (Å²) in [7, 11) is 0. The Morgan fingerprint density at radius 3 is 2.06 bits per heavy atom. The van der Waals surface area contributed by atoms with Crippen molar-refractivity contribution in [3.8, 4) is 16.5 Å². The molecule has 0 atom stereocenters. The predicted octanol–water partition coefficient (Wildman–Crippen LogP) is 6.28. The van der Waals surface area contributed by atoms with E-state index in [1.165, 1.54) is 11.3 Å². The fourth-order valence-electron chi connectivity index (χ4n) is 4.01. The molecule has 0 N–H and O–H groups in total. The average molecular weight is 483 g/mol. The van der Waals surface area contributed by atoms with Crippen LogP contribution in [0.15, 0.2) is 72.8 Å². The molecule has 3 aromatic carbocycles. The SMILES string of the molecule is Cc1c(-c2ccc(C#N)cc2)sc(N2C(=O)c3ccccc3C2=O)c1C(=O)c1ccc(Cl)cc1. The Morgan fingerprint density at radius 1 is 0.912 bits per heavy atom. The zero-order chi connectivity index (χ0) is 24.0. The maximum atomic E-state index is 13.7. The maximum Gasteiger partial charge on any atom is 0.266 e. The number of nitriles is 1. The number of nitrogens with zero attached hydrogens (tertiary/aromatic N) is 2. The number of hydrogen-bond acceptors (Lipinski definition) is 5. The van der Waals surface area contributed by atoms with Gasteiger partial charge in [0.1, 0.15) is 5.00 Å². The van der Waals surface area contributed by atoms with E-state index in [0.717, 1.165) is 15.3 Å². The number of thiophene rings is 1. The summed E-state index contributed by atoms with van der Waals surface area (Å²) in [6.45, 7) is 1.80. The van der Waals surface area contributed by atoms with Crippen LogP contribution in [0.1, 0.15) is 47.8 Å². The number of anilines is 1. The lowest BCUT2D eigenvalue weighted by atomic mass is 9.98. The molecule has 4 aromatic rings. The number of ketones is 1. The van der Waals surface area contributed by atoms with Gasteiger partial charge in [-0.05, 0) is 66.6 Å². The van der Waals surface area contributed by atoms with Gasteiger partial charge < -0.3 is 0 Å². The molecule has 34 heavy (non-hydrogen) atoms. The molecule has 1 aromatic heterocycles. The second kappa shape index (κ2) is 8.38. The van der Waals surface area contributed by atoms with Gasteiger partial charge >= 0.3 is 0 Å². The number of imide groups is 1. The van der Waals surface area contributed by atoms with Gasteiger partial charge in [-0.3, -0.25) is 14.4 Å². The summed E-state index contributed by atoms with van der Waals surface area (Å²) in [5.41, 5.74) is 3.26. The van der Waals surface area contributed by atoms with E-state index in [2.05, 4.69) is 6.07 Å². The normalized spacial score (nSPS) is 12.6. The van der Waals surface area contributed by atoms with Crippen LogP contribution in [0.3, 0.4) is 0 Å². The number of carbonyl (C=O) groups is 3. The highest BCUT2D eigenvalue weighted by Gasteiger charge is 2.40. The smallest absolute Gasteiger partial charge is 0.266 e. The number of amides is 2. The summed E-state index contributed by atoms with van der Waals surface area (Å²) in [4.78, 5) is 42.0. The zero-order valence-electron chi connectivity index (χ0n) is 17.8. The van der Waals surface area contributed by atoms with E-state index in [1.54, 1.807) is 79.7 Å². The summed E-state index contributed by atoms with van der Waals surface area (Å²) >= 11 is 7.21. The number of halogens is 1. The van der Waals surface area contributed by atoms with Gasteiger partial charge in [-0.1, -0.05) is 35.9 Å². The molecule has 2 heterocycles. The fourth-order valence-corrected chi connectivity index (χ4v) is 5.45. The van der Waals surface area contributed by atoms with E-state index in [9.17, 15) is 14.4 Å². The lowest BCUT2D eigenvalue weighted by Gasteiger charge is -2.14. The van der Waals surface area contributed by atoms with Gasteiger partial charge in [0.25, 0.3) is 11.8 Å². The quantitative estimate of drug-likeness (QED) is 0.253. The number of fused-ring (bicyclic) bond motifs is 1. The number of hydrogen-bond donors (Lipinski definition) is 0. The molecule has 164 valence electrons. The van der Waals surface area contributed by atoms with Crippen molar-refractivity contribution in [2.75, 3.05) is 4.90 Å². The topological polar surface area (TPSA) is 78.2 Å². The van der Waals surface area contributed by atoms with Gasteiger partial charge in [0.2, 0.25) is 0 Å². The maximum absolute atomic E-state index is 13.7. The molecule has 1 aliphatic heterocycles. The highest BCUT2D eigenvalue weighted by atomic mass is 35.5. The van der Waals surface area contributed by atoms with E-state index in [0.29, 0.717) is 38.4 Å². The third-order valence-electron chi connectivity index (χ3n) is 5.74. The Bertz CT molecular complexity index is 1490. The van der Waals surface area contributed by atoms with E-state index >= 15 is 0 Å². The summed E-state index contributed by atoms with van der Waals surface area (Å²) < 4.78 is 0. The number of benzene rings is 3. The van der Waals surface area contributed by atoms with Gasteiger partial charge in [0.15, 0.2) is 5.78 Å². The van der Waals surface area contributed by atoms with Crippen molar-refractivity contribution in [1.29, 1.82) is 5.26 Å². The third kappa shape index (κ3) is 3.43. The Morgan fingerprint density at radius 2 is 1.50 bits per heavy atom. The average Bonchev–Trinajstić information content (AvgIpc) is 3.32. The zero-order valence-corrected chi connectivity index (χ0v) is 19.4. The molecule has 0 bridgehead atoms. The molecule has 0 unspecified atom stereocenters. The second-order valence-corrected chi connectivity index (χ2v) is 9.19. The van der Waals surface area contributed by atoms with Gasteiger partial charge in [-0.2, -0.15) is 5.26 Å². The molecule has 1 aliphatic rings. The first kappa shape index (κ1) is 21.8. The Balaban J connectivity index is 1.71. The van der Waals surface area contributed by atoms with Crippen molar-refractivity contribution < 1.29 is 14.4 Å². The molecule has 0 aliphatic carbocycles. The lowest BCUT2D eigenvalue weighted by molar-refractivity contribution is 0.0927. The molecule has 0 saturated carbocycles. The highest BCUT2D eigenvalue weighted by molar-refractivity contribution is 7.20. The molecular formula is C27H15ClN2O3S. The summed E-state index contributed by atoms with van der Waals surface area (Å²) in [5.74, 6) is -1.23. The van der Waals surface area contributed by atoms with Crippen molar-refractivity contribution in [2.45, 2.75) is 6.92 Å². The predicted molar refractivity (Wildman–Crippen MR) is 132 cm³/mol. The largest absolute Gasteiger partial charge is 0.288 e. The van der Waals surface area contributed by atoms with Gasteiger partial charge in [0.05, 0.1) is 28.3 Å². The van der Waals surface area contributed by atoms with Crippen LogP contribution in [0, 0.1) is 18.3 Å². The van der Waals surface area contributed by atoms with Crippen LogP contribution in [0.2, 0.25) is 5.02 Å². The fraction of sp³-hybridized carbons (Fsp3) is 0.0370. The molecule has 0 radical (unpaired) electrons. The van der Waals surface area contributed by atoms with Crippen LogP contribution in [0.4, 0.5) is 5.00 Å². The first-order valence-electron chi connectivity index (χ1n) is 10.3. The van der Waals surface area contributed by atoms with Crippen molar-refractivity contribution in [1.82, 2.24) is 0 Å². The van der Waals surface area contributed by atoms with E-state index in [4.69, 9.17) is 16.9 Å². The molecular weight excluding hydrogens is 468 g/mol. The van der Waals surface area contributed by atoms with Crippen LogP contribution in [-0.2, 0) is 0 Å². The first-order chi connectivity index (χ1) is 16.4. The lowest BCUT2D eigenvalue weighted by Crippen LogP contribution is -2.30. The van der Waals surface area contributed by atoms with Gasteiger partial charge in [-0.25, -0.2) is 4.90 Å². The van der Waals surface area contributed by atoms with Crippen molar-refractivity contribution >= 4 is 45.5 Å². The monoisotopic (exact) mass is 482 g/mol. The summed E-state index contributed by atoms with van der Waals surface area (Å²) in [5, 5.41) is 9.90. The minimum atomic E-state index is -0.460. The van der Waals surface area contributed by atoms with Crippen LogP contribution in [0.25, 0.3) is 10.4 Å². The van der Waals surface area contributed by atoms with E-state index in [-0.39, 0.29) is 10.8 Å². The second-order valence-electron chi connectivity index (χ2n) is 7.75. The van der Waals surface area contributed by atoms with E-state index in [1.807, 2.05) is 0 Å². The van der Waals surface area contributed by atoms with E-state index < -0.39 is 11.8 Å². The minimum Gasteiger partial charge on any atom is -0.288 e. The van der Waals surface area contributed by atoms with Gasteiger partial charge in [0, 0.05) is 15.5 Å². The molecule has 0 fully saturated rings. The van der Waals surface area contributed by atoms with Crippen LogP contribution >= 0.6 is 22.9 Å². The molecule has 7 heteroatoms. The molecule has 0 spiro atoms. The number of rotatable bonds is 4. The summed E-state index contributed by atoms with van der Waals surface area (Å²) in [6, 6.07) is 22.2. The Hall–Kier alpha value is -4.05. The molecule has 0 saturated heterocycles. The minimum absolute atomic E-state index is 0.281. The third-order valence-corrected chi connectivity index (χ3v) is 7.31. The molecule has 5 nitrogen and oxygen atoms in total. The molecule has 2 amide bonds. The van der Waals surface area contributed by atoms with Crippen LogP contribution in [0.5, 0.6) is 0 Å². The summed E-state index contributed by atoms with van der Waals surface area (Å²) in [6.07, 6.45) is 0. The Labute approximate surface area is 204 Å². The molecule has 5 rings (SSSR count). The Kier molecular flexibility index (Phi) is 5.37. The van der Waals surface area contributed by atoms with Crippen molar-refractivity contribution in [3.05, 3.63) is 111 Å².